The maximum atomic E-state index is 14.0. The second-order valence-electron chi connectivity index (χ2n) is 9.72. The van der Waals surface area contributed by atoms with E-state index >= 15 is 0 Å². The van der Waals surface area contributed by atoms with Crippen molar-refractivity contribution in [2.45, 2.75) is 45.8 Å². The van der Waals surface area contributed by atoms with Gasteiger partial charge in [-0.15, -0.1) is 0 Å². The molecule has 3 aromatic carbocycles. The second kappa shape index (κ2) is 13.5. The Morgan fingerprint density at radius 3 is 2.18 bits per heavy atom. The highest BCUT2D eigenvalue weighted by molar-refractivity contribution is 9.10. The minimum atomic E-state index is -3.85. The van der Waals surface area contributed by atoms with Crippen LogP contribution in [0.3, 0.4) is 0 Å². The van der Waals surface area contributed by atoms with Crippen LogP contribution in [0.5, 0.6) is 0 Å². The normalized spacial score (nSPS) is 12.2. The molecule has 0 aromatic heterocycles. The Hall–Kier alpha value is -2.88. The molecule has 0 aliphatic carbocycles. The summed E-state index contributed by atoms with van der Waals surface area (Å²) in [6.07, 6.45) is 1.32. The van der Waals surface area contributed by atoms with Gasteiger partial charge in [0.1, 0.15) is 12.6 Å². The van der Waals surface area contributed by atoms with Crippen molar-refractivity contribution in [2.24, 2.45) is 0 Å². The summed E-state index contributed by atoms with van der Waals surface area (Å²) in [7, 11) is -3.85. The van der Waals surface area contributed by atoms with Crippen LogP contribution >= 0.6 is 27.5 Å². The maximum absolute atomic E-state index is 14.0. The van der Waals surface area contributed by atoms with Gasteiger partial charge < -0.3 is 10.2 Å². The Morgan fingerprint density at radius 2 is 1.62 bits per heavy atom. The predicted octanol–water partition coefficient (Wildman–Crippen LogP) is 5.34. The van der Waals surface area contributed by atoms with Crippen molar-refractivity contribution < 1.29 is 18.0 Å². The number of aryl methyl sites for hydroxylation is 1. The van der Waals surface area contributed by atoms with E-state index in [2.05, 4.69) is 21.2 Å². The molecule has 2 amide bonds. The molecule has 0 heterocycles. The van der Waals surface area contributed by atoms with Crippen LogP contribution in [-0.2, 0) is 32.6 Å². The van der Waals surface area contributed by atoms with E-state index in [1.165, 1.54) is 4.90 Å². The van der Waals surface area contributed by atoms with Crippen LogP contribution in [0, 0.1) is 6.92 Å². The molecule has 0 unspecified atom stereocenters. The van der Waals surface area contributed by atoms with E-state index in [0.29, 0.717) is 16.3 Å². The average molecular weight is 635 g/mol. The predicted molar refractivity (Wildman–Crippen MR) is 160 cm³/mol. The number of carbonyl (C=O) groups is 2. The molecular weight excluding hydrogens is 602 g/mol. The molecule has 1 atom stereocenters. The molecule has 10 heteroatoms. The monoisotopic (exact) mass is 633 g/mol. The van der Waals surface area contributed by atoms with Crippen molar-refractivity contribution in [1.29, 1.82) is 0 Å². The van der Waals surface area contributed by atoms with E-state index in [-0.39, 0.29) is 24.9 Å². The average Bonchev–Trinajstić information content (AvgIpc) is 2.85. The Balaban J connectivity index is 2.07. The highest BCUT2D eigenvalue weighted by atomic mass is 79.9. The summed E-state index contributed by atoms with van der Waals surface area (Å²) < 4.78 is 27.7. The zero-order valence-electron chi connectivity index (χ0n) is 22.4. The van der Waals surface area contributed by atoms with Crippen LogP contribution in [0.4, 0.5) is 5.69 Å². The molecule has 3 rings (SSSR count). The number of carbonyl (C=O) groups excluding carboxylic acids is 2. The second-order valence-corrected chi connectivity index (χ2v) is 13.0. The van der Waals surface area contributed by atoms with Gasteiger partial charge in [-0.3, -0.25) is 13.9 Å². The van der Waals surface area contributed by atoms with Crippen molar-refractivity contribution in [3.63, 3.8) is 0 Å². The molecule has 0 aliphatic heterocycles. The summed E-state index contributed by atoms with van der Waals surface area (Å²) in [5.74, 6) is -0.814. The topological polar surface area (TPSA) is 86.8 Å². The van der Waals surface area contributed by atoms with Crippen molar-refractivity contribution in [2.75, 3.05) is 17.1 Å². The third kappa shape index (κ3) is 8.81. The first-order chi connectivity index (χ1) is 18.3. The van der Waals surface area contributed by atoms with Gasteiger partial charge >= 0.3 is 0 Å². The lowest BCUT2D eigenvalue weighted by molar-refractivity contribution is -0.140. The lowest BCUT2D eigenvalue weighted by atomic mass is 10.0. The van der Waals surface area contributed by atoms with E-state index < -0.39 is 28.5 Å². The summed E-state index contributed by atoms with van der Waals surface area (Å²) >= 11 is 9.53. The molecule has 0 fully saturated rings. The molecular formula is C29H33BrClN3O4S. The van der Waals surface area contributed by atoms with Gasteiger partial charge in [-0.1, -0.05) is 70.0 Å². The Bertz CT molecular complexity index is 1400. The van der Waals surface area contributed by atoms with E-state index in [1.54, 1.807) is 25.1 Å². The van der Waals surface area contributed by atoms with Crippen molar-refractivity contribution in [1.82, 2.24) is 10.2 Å². The minimum absolute atomic E-state index is 0.117. The summed E-state index contributed by atoms with van der Waals surface area (Å²) in [6, 6.07) is 20.7. The van der Waals surface area contributed by atoms with Gasteiger partial charge in [0.15, 0.2) is 0 Å². The van der Waals surface area contributed by atoms with E-state index in [4.69, 9.17) is 11.6 Å². The number of rotatable bonds is 11. The number of hydrogen-bond acceptors (Lipinski definition) is 4. The molecule has 7 nitrogen and oxygen atoms in total. The first-order valence-corrected chi connectivity index (χ1v) is 15.5. The summed E-state index contributed by atoms with van der Waals surface area (Å²) in [5, 5.41) is 3.40. The fourth-order valence-corrected chi connectivity index (χ4v) is 5.61. The van der Waals surface area contributed by atoms with Crippen molar-refractivity contribution in [3.05, 3.63) is 99.0 Å². The number of anilines is 1. The Labute approximate surface area is 244 Å². The highest BCUT2D eigenvalue weighted by Gasteiger charge is 2.33. The molecule has 0 aliphatic rings. The van der Waals surface area contributed by atoms with Crippen LogP contribution in [0.1, 0.15) is 30.5 Å². The van der Waals surface area contributed by atoms with E-state index in [1.807, 2.05) is 68.4 Å². The molecule has 0 saturated heterocycles. The molecule has 1 N–H and O–H groups in total. The number of halogens is 2. The van der Waals surface area contributed by atoms with Crippen molar-refractivity contribution in [3.8, 4) is 0 Å². The number of nitrogens with one attached hydrogen (secondary N) is 1. The lowest BCUT2D eigenvalue weighted by Crippen LogP contribution is -2.54. The molecule has 0 spiro atoms. The van der Waals surface area contributed by atoms with Crippen LogP contribution in [0.25, 0.3) is 0 Å². The van der Waals surface area contributed by atoms with Gasteiger partial charge in [-0.05, 0) is 67.8 Å². The van der Waals surface area contributed by atoms with E-state index in [0.717, 1.165) is 26.2 Å². The van der Waals surface area contributed by atoms with Crippen LogP contribution in [-0.4, -0.2) is 50.0 Å². The lowest BCUT2D eigenvalue weighted by Gasteiger charge is -2.34. The van der Waals surface area contributed by atoms with Crippen molar-refractivity contribution >= 4 is 55.1 Å². The Morgan fingerprint density at radius 1 is 0.974 bits per heavy atom. The standard InChI is InChI=1S/C29H33BrClN3O4S/c1-20(2)32-29(36)27(17-22-8-6-5-7-9-22)33(18-23-10-12-24(30)13-11-23)28(35)19-34(39(4,37)38)26-15-14-25(31)16-21(26)3/h5-16,20,27H,17-19H2,1-4H3,(H,32,36)/t27-/m0/s1. The molecule has 208 valence electrons. The molecule has 0 radical (unpaired) electrons. The number of sulfonamides is 1. The van der Waals surface area contributed by atoms with Gasteiger partial charge in [0.2, 0.25) is 21.8 Å². The minimum Gasteiger partial charge on any atom is -0.352 e. The third-order valence-corrected chi connectivity index (χ3v) is 7.97. The largest absolute Gasteiger partial charge is 0.352 e. The smallest absolute Gasteiger partial charge is 0.244 e. The van der Waals surface area contributed by atoms with Gasteiger partial charge in [0.05, 0.1) is 11.9 Å². The molecule has 3 aromatic rings. The van der Waals surface area contributed by atoms with Gasteiger partial charge in [0.25, 0.3) is 0 Å². The number of nitrogens with zero attached hydrogens (tertiary/aromatic N) is 2. The van der Waals surface area contributed by atoms with Gasteiger partial charge in [-0.25, -0.2) is 8.42 Å². The SMILES string of the molecule is Cc1cc(Cl)ccc1N(CC(=O)N(Cc1ccc(Br)cc1)[C@@H](Cc1ccccc1)C(=O)NC(C)C)S(C)(=O)=O. The summed E-state index contributed by atoms with van der Waals surface area (Å²) in [6.45, 7) is 5.09. The third-order valence-electron chi connectivity index (χ3n) is 6.07. The van der Waals surface area contributed by atoms with Gasteiger partial charge in [-0.2, -0.15) is 0 Å². The number of hydrogen-bond donors (Lipinski definition) is 1. The molecule has 0 bridgehead atoms. The first-order valence-electron chi connectivity index (χ1n) is 12.5. The van der Waals surface area contributed by atoms with E-state index in [9.17, 15) is 18.0 Å². The van der Waals surface area contributed by atoms with Crippen LogP contribution < -0.4 is 9.62 Å². The highest BCUT2D eigenvalue weighted by Crippen LogP contribution is 2.26. The fourth-order valence-electron chi connectivity index (χ4n) is 4.21. The molecule has 39 heavy (non-hydrogen) atoms. The van der Waals surface area contributed by atoms with Gasteiger partial charge in [0, 0.05) is 28.5 Å². The number of benzene rings is 3. The summed E-state index contributed by atoms with van der Waals surface area (Å²) in [4.78, 5) is 29.1. The van der Waals surface area contributed by atoms with Crippen LogP contribution in [0.2, 0.25) is 5.02 Å². The fraction of sp³-hybridized carbons (Fsp3) is 0.310. The number of amides is 2. The van der Waals surface area contributed by atoms with Crippen LogP contribution in [0.15, 0.2) is 77.3 Å². The zero-order chi connectivity index (χ0) is 28.7. The zero-order valence-corrected chi connectivity index (χ0v) is 25.6. The Kier molecular flexibility index (Phi) is 10.6. The molecule has 0 saturated carbocycles. The quantitative estimate of drug-likeness (QED) is 0.309. The first kappa shape index (κ1) is 30.7. The maximum Gasteiger partial charge on any atom is 0.244 e. The summed E-state index contributed by atoms with van der Waals surface area (Å²) in [5.41, 5.74) is 2.64.